The minimum Gasteiger partial charge on any atom is -0.444 e. The maximum atomic E-state index is 12.6. The van der Waals surface area contributed by atoms with Gasteiger partial charge in [0, 0.05) is 19.6 Å². The summed E-state index contributed by atoms with van der Waals surface area (Å²) in [5.41, 5.74) is 35.2. The van der Waals surface area contributed by atoms with E-state index in [1.807, 2.05) is 0 Å². The van der Waals surface area contributed by atoms with Crippen molar-refractivity contribution in [1.29, 1.82) is 0 Å². The molecule has 22 nitrogen and oxygen atoms in total. The van der Waals surface area contributed by atoms with Crippen molar-refractivity contribution in [3.63, 3.8) is 0 Å². The van der Waals surface area contributed by atoms with Crippen LogP contribution in [0.15, 0.2) is 32.6 Å². The van der Waals surface area contributed by atoms with Crippen LogP contribution in [-0.2, 0) is 23.7 Å². The largest absolute Gasteiger partial charge is 0.444 e. The Morgan fingerprint density at radius 1 is 0.911 bits per heavy atom. The molecule has 1 aliphatic carbocycles. The fraction of sp³-hybridized carbons (Fsp3) is 0.870. The molecule has 13 atom stereocenters. The van der Waals surface area contributed by atoms with Gasteiger partial charge in [0.05, 0.1) is 49.1 Å². The van der Waals surface area contributed by atoms with Crippen molar-refractivity contribution in [3.8, 4) is 0 Å². The maximum absolute atomic E-state index is 12.6. The first kappa shape index (κ1) is 35.4. The van der Waals surface area contributed by atoms with Crippen LogP contribution in [0.1, 0.15) is 34.1 Å². The molecular formula is C23H35N13O9. The molecule has 0 spiro atoms. The second-order valence-electron chi connectivity index (χ2n) is 11.4. The molecule has 0 aromatic heterocycles. The third kappa shape index (κ3) is 9.24. The van der Waals surface area contributed by atoms with Gasteiger partial charge in [0.1, 0.15) is 30.0 Å². The van der Waals surface area contributed by atoms with Crippen LogP contribution >= 0.6 is 0 Å². The van der Waals surface area contributed by atoms with Crippen molar-refractivity contribution in [1.82, 2.24) is 5.32 Å². The van der Waals surface area contributed by atoms with E-state index in [0.29, 0.717) is 0 Å². The molecule has 1 amide bonds. The maximum Gasteiger partial charge on any atom is 0.407 e. The van der Waals surface area contributed by atoms with Gasteiger partial charge < -0.3 is 44.3 Å². The van der Waals surface area contributed by atoms with Crippen LogP contribution in [0.3, 0.4) is 0 Å². The Morgan fingerprint density at radius 2 is 1.58 bits per heavy atom. The fourth-order valence-corrected chi connectivity index (χ4v) is 5.05. The van der Waals surface area contributed by atoms with Gasteiger partial charge in [-0.3, -0.25) is 0 Å². The van der Waals surface area contributed by atoms with Gasteiger partial charge in [0.2, 0.25) is 0 Å². The summed E-state index contributed by atoms with van der Waals surface area (Å²) in [6.45, 7) is 6.22. The number of amides is 1. The number of aliphatic hydroxyl groups is 3. The third-order valence-electron chi connectivity index (χ3n) is 7.05. The van der Waals surface area contributed by atoms with Gasteiger partial charge in [-0.25, -0.2) is 4.79 Å². The van der Waals surface area contributed by atoms with Crippen molar-refractivity contribution in [2.75, 3.05) is 6.54 Å². The Kier molecular flexibility index (Phi) is 12.5. The van der Waals surface area contributed by atoms with Crippen LogP contribution in [0, 0.1) is 0 Å². The Morgan fingerprint density at radius 3 is 2.20 bits per heavy atom. The molecule has 2 heterocycles. The number of nitrogens with one attached hydrogen (secondary N) is 1. The molecule has 246 valence electrons. The van der Waals surface area contributed by atoms with Crippen molar-refractivity contribution >= 4 is 6.09 Å². The molecular weight excluding hydrogens is 602 g/mol. The van der Waals surface area contributed by atoms with E-state index in [0.717, 1.165) is 0 Å². The lowest BCUT2D eigenvalue weighted by atomic mass is 9.83. The average Bonchev–Trinajstić information content (AvgIpc) is 2.97. The van der Waals surface area contributed by atoms with Crippen molar-refractivity contribution in [3.05, 3.63) is 53.9 Å². The summed E-state index contributed by atoms with van der Waals surface area (Å²) in [6.07, 6.45) is -11.0. The van der Waals surface area contributed by atoms with Crippen LogP contribution < -0.4 is 5.32 Å². The summed E-state index contributed by atoms with van der Waals surface area (Å²) in [4.78, 5) is 23.6. The van der Waals surface area contributed by atoms with Crippen molar-refractivity contribution in [2.45, 2.75) is 119 Å². The minimum atomic E-state index is -1.79. The Balaban J connectivity index is 1.99. The first-order valence-electron chi connectivity index (χ1n) is 13.8. The van der Waals surface area contributed by atoms with Crippen LogP contribution in [0.2, 0.25) is 0 Å². The zero-order valence-corrected chi connectivity index (χ0v) is 24.7. The molecule has 4 N–H and O–H groups in total. The fourth-order valence-electron chi connectivity index (χ4n) is 5.05. The standard InChI is InChI=1S/C23H35N13O9/c1-9-14(32-36-27)16(38)17(39)21(41-9)44-19-15(37)12(29-22(40)45-23(2,3)4)7-13(31-35-26)18(19)43-20-11(30-34-25)6-5-10(42-20)8-28-33-24/h5-6,9-21,37-39H,7-8H2,1-4H3,(H,29,40)/t9?,10?,11?,12-,13?,14+,15?,16+,17?,18?,19-,20+,21+/m1/s1. The van der Waals surface area contributed by atoms with E-state index in [9.17, 15) is 25.6 Å². The highest BCUT2D eigenvalue weighted by atomic mass is 16.7. The number of azide groups is 4. The second kappa shape index (κ2) is 15.8. The van der Waals surface area contributed by atoms with E-state index < -0.39 is 91.2 Å². The zero-order valence-electron chi connectivity index (χ0n) is 24.7. The molecule has 7 unspecified atom stereocenters. The zero-order chi connectivity index (χ0) is 33.3. The first-order valence-corrected chi connectivity index (χ1v) is 13.8. The molecule has 0 bridgehead atoms. The van der Waals surface area contributed by atoms with Gasteiger partial charge in [-0.05, 0) is 56.2 Å². The second-order valence-corrected chi connectivity index (χ2v) is 11.4. The number of ether oxygens (including phenoxy) is 5. The predicted octanol–water partition coefficient (Wildman–Crippen LogP) is 2.51. The quantitative estimate of drug-likeness (QED) is 0.118. The van der Waals surface area contributed by atoms with Crippen molar-refractivity contribution in [2.24, 2.45) is 20.5 Å². The summed E-state index contributed by atoms with van der Waals surface area (Å²) in [7, 11) is 0. The molecule has 45 heavy (non-hydrogen) atoms. The highest BCUT2D eigenvalue weighted by Crippen LogP contribution is 2.34. The molecule has 0 aromatic rings. The number of hydrogen-bond donors (Lipinski definition) is 4. The Bertz CT molecular complexity index is 1270. The molecule has 22 heteroatoms. The molecule has 2 fully saturated rings. The third-order valence-corrected chi connectivity index (χ3v) is 7.05. The number of alkyl carbamates (subject to hydrolysis) is 1. The van der Waals surface area contributed by atoms with E-state index in [4.69, 9.17) is 40.3 Å². The first-order chi connectivity index (χ1) is 21.3. The lowest BCUT2D eigenvalue weighted by Crippen LogP contribution is -2.66. The number of aliphatic hydroxyl groups excluding tert-OH is 3. The van der Waals surface area contributed by atoms with Crippen molar-refractivity contribution < 1.29 is 43.8 Å². The van der Waals surface area contributed by atoms with Gasteiger partial charge in [0.15, 0.2) is 12.6 Å². The molecule has 3 rings (SSSR count). The van der Waals surface area contributed by atoms with E-state index in [1.54, 1.807) is 20.8 Å². The molecule has 3 aliphatic rings. The number of carbonyl (C=O) groups excluding carboxylic acids is 1. The SMILES string of the molecule is CC1O[C@@H](O[C@H]2C(O[C@@H]3OC(CN=[N+]=[N-])C=CC3N=[N+]=[N-])C(N=[N+]=[N-])C[C@@H](NC(=O)OC(C)(C)C)C2O)C(O)[C@@H](O)[C@H]1N=[N+]=[N-]. The summed E-state index contributed by atoms with van der Waals surface area (Å²) in [5.74, 6) is 0. The monoisotopic (exact) mass is 637 g/mol. The smallest absolute Gasteiger partial charge is 0.407 e. The molecule has 0 aromatic carbocycles. The lowest BCUT2D eigenvalue weighted by molar-refractivity contribution is -0.318. The number of nitrogens with zero attached hydrogens (tertiary/aromatic N) is 12. The number of carbonyl (C=O) groups is 1. The highest BCUT2D eigenvalue weighted by molar-refractivity contribution is 5.68. The van der Waals surface area contributed by atoms with E-state index in [2.05, 4.69) is 45.4 Å². The van der Waals surface area contributed by atoms with Gasteiger partial charge in [0.25, 0.3) is 0 Å². The average molecular weight is 638 g/mol. The lowest BCUT2D eigenvalue weighted by Gasteiger charge is -2.48. The Hall–Kier alpha value is -4.03. The molecule has 1 saturated heterocycles. The van der Waals surface area contributed by atoms with E-state index >= 15 is 0 Å². The van der Waals surface area contributed by atoms with Crippen LogP contribution in [0.25, 0.3) is 41.8 Å². The van der Waals surface area contributed by atoms with E-state index in [1.165, 1.54) is 19.1 Å². The molecule has 1 saturated carbocycles. The van der Waals surface area contributed by atoms with Gasteiger partial charge in [-0.2, -0.15) is 0 Å². The Labute approximate surface area is 255 Å². The van der Waals surface area contributed by atoms with Gasteiger partial charge in [-0.1, -0.05) is 32.6 Å². The van der Waals surface area contributed by atoms with Crippen LogP contribution in [-0.4, -0.2) is 113 Å². The normalized spacial score (nSPS) is 37.9. The van der Waals surface area contributed by atoms with Gasteiger partial charge >= 0.3 is 6.09 Å². The minimum absolute atomic E-state index is 0.144. The summed E-state index contributed by atoms with van der Waals surface area (Å²) >= 11 is 0. The van der Waals surface area contributed by atoms with E-state index in [-0.39, 0.29) is 13.0 Å². The summed E-state index contributed by atoms with van der Waals surface area (Å²) in [6, 6.07) is -4.58. The predicted molar refractivity (Wildman–Crippen MR) is 150 cm³/mol. The van der Waals surface area contributed by atoms with Crippen LogP contribution in [0.4, 0.5) is 4.79 Å². The summed E-state index contributed by atoms with van der Waals surface area (Å²) < 4.78 is 29.0. The van der Waals surface area contributed by atoms with Crippen LogP contribution in [0.5, 0.6) is 0 Å². The van der Waals surface area contributed by atoms with Gasteiger partial charge in [-0.15, -0.1) is 0 Å². The summed E-state index contributed by atoms with van der Waals surface area (Å²) in [5, 5.41) is 49.8. The topological polar surface area (TPSA) is 331 Å². The molecule has 2 aliphatic heterocycles. The highest BCUT2D eigenvalue weighted by Gasteiger charge is 2.52. The number of rotatable bonds is 10. The molecule has 0 radical (unpaired) electrons. The number of hydrogen-bond acceptors (Lipinski definition) is 13.